The molecule has 114 valence electrons. The Morgan fingerprint density at radius 3 is 2.67 bits per heavy atom. The third-order valence-corrected chi connectivity index (χ3v) is 4.37. The van der Waals surface area contributed by atoms with Crippen molar-refractivity contribution in [3.05, 3.63) is 36.9 Å². The minimum Gasteiger partial charge on any atom is -0.444 e. The van der Waals surface area contributed by atoms with Gasteiger partial charge in [-0.05, 0) is 60.9 Å². The molecule has 1 aliphatic heterocycles. The van der Waals surface area contributed by atoms with Crippen molar-refractivity contribution < 1.29 is 14.5 Å². The maximum absolute atomic E-state index is 12.1. The number of rotatable bonds is 1. The predicted octanol–water partition coefficient (Wildman–Crippen LogP) is 3.49. The molecular formula is C14H17IN2O4. The summed E-state index contributed by atoms with van der Waals surface area (Å²) < 4.78 is 5.96. The molecule has 0 bridgehead atoms. The van der Waals surface area contributed by atoms with Crippen LogP contribution in [0, 0.1) is 13.7 Å². The fraction of sp³-hybridized carbons (Fsp3) is 0.500. The molecule has 1 aromatic carbocycles. The van der Waals surface area contributed by atoms with Crippen LogP contribution in [0.3, 0.4) is 0 Å². The molecule has 21 heavy (non-hydrogen) atoms. The van der Waals surface area contributed by atoms with Gasteiger partial charge in [0.25, 0.3) is 5.69 Å². The molecule has 0 radical (unpaired) electrons. The van der Waals surface area contributed by atoms with Gasteiger partial charge >= 0.3 is 6.09 Å². The maximum Gasteiger partial charge on any atom is 0.410 e. The summed E-state index contributed by atoms with van der Waals surface area (Å²) in [4.78, 5) is 24.3. The van der Waals surface area contributed by atoms with Gasteiger partial charge in [-0.25, -0.2) is 4.79 Å². The molecule has 0 N–H and O–H groups in total. The summed E-state index contributed by atoms with van der Waals surface area (Å²) in [5, 5.41) is 11.0. The molecule has 0 spiro atoms. The second-order valence-electron chi connectivity index (χ2n) is 5.95. The molecule has 0 atom stereocenters. The number of carbonyl (C=O) groups is 1. The topological polar surface area (TPSA) is 72.7 Å². The number of hydrogen-bond acceptors (Lipinski definition) is 4. The van der Waals surface area contributed by atoms with Gasteiger partial charge in [-0.15, -0.1) is 0 Å². The van der Waals surface area contributed by atoms with Gasteiger partial charge in [-0.1, -0.05) is 6.07 Å². The molecule has 6 nitrogen and oxygen atoms in total. The van der Waals surface area contributed by atoms with E-state index in [1.165, 1.54) is 6.07 Å². The van der Waals surface area contributed by atoms with E-state index < -0.39 is 10.5 Å². The second kappa shape index (κ2) is 5.78. The summed E-state index contributed by atoms with van der Waals surface area (Å²) in [5.74, 6) is 0. The highest BCUT2D eigenvalue weighted by molar-refractivity contribution is 14.1. The Bertz CT molecular complexity index is 595. The Morgan fingerprint density at radius 2 is 2.10 bits per heavy atom. The van der Waals surface area contributed by atoms with E-state index in [2.05, 4.69) is 0 Å². The van der Waals surface area contributed by atoms with Gasteiger partial charge in [0, 0.05) is 12.6 Å². The van der Waals surface area contributed by atoms with Crippen molar-refractivity contribution >= 4 is 34.4 Å². The van der Waals surface area contributed by atoms with E-state index in [9.17, 15) is 14.9 Å². The number of nitrogens with zero attached hydrogens (tertiary/aromatic N) is 2. The Balaban J connectivity index is 2.25. The summed E-state index contributed by atoms with van der Waals surface area (Å²) in [7, 11) is 0. The lowest BCUT2D eigenvalue weighted by molar-refractivity contribution is -0.385. The van der Waals surface area contributed by atoms with Crippen LogP contribution in [0.25, 0.3) is 0 Å². The van der Waals surface area contributed by atoms with E-state index in [4.69, 9.17) is 4.74 Å². The van der Waals surface area contributed by atoms with Gasteiger partial charge in [0.15, 0.2) is 0 Å². The second-order valence-corrected chi connectivity index (χ2v) is 7.02. The maximum atomic E-state index is 12.1. The highest BCUT2D eigenvalue weighted by Gasteiger charge is 2.29. The number of hydrogen-bond donors (Lipinski definition) is 0. The van der Waals surface area contributed by atoms with E-state index in [0.717, 1.165) is 11.1 Å². The zero-order chi connectivity index (χ0) is 15.8. The Labute approximate surface area is 136 Å². The molecule has 2 rings (SSSR count). The quantitative estimate of drug-likeness (QED) is 0.408. The first-order chi connectivity index (χ1) is 9.69. The highest BCUT2D eigenvalue weighted by Crippen LogP contribution is 2.31. The average Bonchev–Trinajstić information content (AvgIpc) is 2.36. The fourth-order valence-corrected chi connectivity index (χ4v) is 3.10. The molecule has 1 heterocycles. The Morgan fingerprint density at radius 1 is 1.43 bits per heavy atom. The van der Waals surface area contributed by atoms with Crippen LogP contribution in [0.4, 0.5) is 10.5 Å². The monoisotopic (exact) mass is 404 g/mol. The summed E-state index contributed by atoms with van der Waals surface area (Å²) in [6, 6.07) is 3.31. The van der Waals surface area contributed by atoms with Gasteiger partial charge in [0.2, 0.25) is 0 Å². The van der Waals surface area contributed by atoms with Crippen molar-refractivity contribution in [3.63, 3.8) is 0 Å². The standard InChI is InChI=1S/C14H17IN2O4/c1-14(2,3)21-13(18)16-7-6-9-4-5-11(17(19)20)12(15)10(9)8-16/h4-5H,6-8H2,1-3H3. The van der Waals surface area contributed by atoms with Gasteiger partial charge in [0.05, 0.1) is 15.0 Å². The molecule has 1 amide bonds. The predicted molar refractivity (Wildman–Crippen MR) is 86.2 cm³/mol. The number of fused-ring (bicyclic) bond motifs is 1. The molecule has 0 aromatic heterocycles. The van der Waals surface area contributed by atoms with Crippen molar-refractivity contribution in [2.75, 3.05) is 6.54 Å². The Hall–Kier alpha value is -1.38. The first-order valence-electron chi connectivity index (χ1n) is 6.61. The van der Waals surface area contributed by atoms with Crippen LogP contribution >= 0.6 is 22.6 Å². The van der Waals surface area contributed by atoms with Crippen LogP contribution < -0.4 is 0 Å². The Kier molecular flexibility index (Phi) is 4.40. The molecular weight excluding hydrogens is 387 g/mol. The number of halogens is 1. The summed E-state index contributed by atoms with van der Waals surface area (Å²) in [6.07, 6.45) is 0.304. The van der Waals surface area contributed by atoms with Gasteiger partial charge in [-0.2, -0.15) is 0 Å². The normalized spacial score (nSPS) is 14.6. The van der Waals surface area contributed by atoms with E-state index in [1.807, 2.05) is 43.4 Å². The number of carbonyl (C=O) groups excluding carboxylic acids is 1. The first-order valence-corrected chi connectivity index (χ1v) is 7.69. The summed E-state index contributed by atoms with van der Waals surface area (Å²) in [6.45, 7) is 6.37. The summed E-state index contributed by atoms with van der Waals surface area (Å²) >= 11 is 1.98. The largest absolute Gasteiger partial charge is 0.444 e. The third-order valence-electron chi connectivity index (χ3n) is 3.17. The zero-order valence-electron chi connectivity index (χ0n) is 12.2. The van der Waals surface area contributed by atoms with Crippen LogP contribution in [0.5, 0.6) is 0 Å². The first kappa shape index (κ1) is 16.0. The number of amides is 1. The number of nitro benzene ring substituents is 1. The molecule has 0 saturated heterocycles. The molecule has 1 aliphatic rings. The zero-order valence-corrected chi connectivity index (χ0v) is 14.3. The van der Waals surface area contributed by atoms with E-state index in [0.29, 0.717) is 23.1 Å². The van der Waals surface area contributed by atoms with Crippen molar-refractivity contribution in [1.82, 2.24) is 4.90 Å². The van der Waals surface area contributed by atoms with Crippen molar-refractivity contribution in [2.45, 2.75) is 39.3 Å². The van der Waals surface area contributed by atoms with Crippen molar-refractivity contribution in [3.8, 4) is 0 Å². The minimum atomic E-state index is -0.548. The van der Waals surface area contributed by atoms with Crippen LogP contribution in [0.1, 0.15) is 31.9 Å². The van der Waals surface area contributed by atoms with Crippen LogP contribution in [0.15, 0.2) is 12.1 Å². The summed E-state index contributed by atoms with van der Waals surface area (Å²) in [5.41, 5.74) is 1.44. The van der Waals surface area contributed by atoms with E-state index >= 15 is 0 Å². The van der Waals surface area contributed by atoms with Crippen molar-refractivity contribution in [1.29, 1.82) is 0 Å². The van der Waals surface area contributed by atoms with Gasteiger partial charge < -0.3 is 9.64 Å². The van der Waals surface area contributed by atoms with Gasteiger partial charge in [0.1, 0.15) is 5.60 Å². The molecule has 0 aliphatic carbocycles. The lowest BCUT2D eigenvalue weighted by Gasteiger charge is -2.31. The molecule has 1 aromatic rings. The van der Waals surface area contributed by atoms with Crippen LogP contribution in [-0.4, -0.2) is 28.1 Å². The molecule has 0 unspecified atom stereocenters. The lowest BCUT2D eigenvalue weighted by atomic mass is 9.99. The number of ether oxygens (including phenoxy) is 1. The number of benzene rings is 1. The smallest absolute Gasteiger partial charge is 0.410 e. The SMILES string of the molecule is CC(C)(C)OC(=O)N1CCc2ccc([N+](=O)[O-])c(I)c2C1. The lowest BCUT2D eigenvalue weighted by Crippen LogP contribution is -2.40. The third kappa shape index (κ3) is 3.63. The molecule has 7 heteroatoms. The van der Waals surface area contributed by atoms with Crippen LogP contribution in [-0.2, 0) is 17.7 Å². The van der Waals surface area contributed by atoms with Gasteiger partial charge in [-0.3, -0.25) is 10.1 Å². The van der Waals surface area contributed by atoms with E-state index in [1.54, 1.807) is 11.0 Å². The fourth-order valence-electron chi connectivity index (χ4n) is 2.20. The molecule has 0 fully saturated rings. The van der Waals surface area contributed by atoms with E-state index in [-0.39, 0.29) is 11.8 Å². The highest BCUT2D eigenvalue weighted by atomic mass is 127. The molecule has 0 saturated carbocycles. The van der Waals surface area contributed by atoms with Crippen molar-refractivity contribution in [2.24, 2.45) is 0 Å². The minimum absolute atomic E-state index is 0.0837. The average molecular weight is 404 g/mol. The number of nitro groups is 1. The van der Waals surface area contributed by atoms with Crippen LogP contribution in [0.2, 0.25) is 0 Å².